The van der Waals surface area contributed by atoms with Crippen molar-refractivity contribution in [1.29, 1.82) is 0 Å². The number of nitrogens with zero attached hydrogens (tertiary/aromatic N) is 2. The van der Waals surface area contributed by atoms with Crippen LogP contribution in [0.5, 0.6) is 5.75 Å². The van der Waals surface area contributed by atoms with Crippen LogP contribution in [-0.2, 0) is 13.7 Å². The standard InChI is InChI=1S/C13H13FN2O2/c1-9(17)12-5-11(14)3-4-13(12)18-8-10-6-15-16(2)7-10/h3-7H,8H2,1-2H3. The van der Waals surface area contributed by atoms with Gasteiger partial charge in [-0.05, 0) is 25.1 Å². The zero-order chi connectivity index (χ0) is 13.1. The number of benzene rings is 1. The van der Waals surface area contributed by atoms with Crippen LogP contribution in [0.1, 0.15) is 22.8 Å². The first-order valence-corrected chi connectivity index (χ1v) is 5.47. The van der Waals surface area contributed by atoms with Crippen LogP contribution in [0.3, 0.4) is 0 Å². The summed E-state index contributed by atoms with van der Waals surface area (Å²) in [6.07, 6.45) is 3.49. The molecule has 0 bridgehead atoms. The maximum atomic E-state index is 13.1. The highest BCUT2D eigenvalue weighted by Crippen LogP contribution is 2.21. The number of carbonyl (C=O) groups is 1. The summed E-state index contributed by atoms with van der Waals surface area (Å²) in [6.45, 7) is 1.67. The molecule has 2 rings (SSSR count). The van der Waals surface area contributed by atoms with Crippen LogP contribution in [0.25, 0.3) is 0 Å². The third-order valence-corrected chi connectivity index (χ3v) is 2.47. The Labute approximate surface area is 104 Å². The van der Waals surface area contributed by atoms with Crippen LogP contribution in [-0.4, -0.2) is 15.6 Å². The summed E-state index contributed by atoms with van der Waals surface area (Å²) in [5, 5.41) is 4.01. The number of aryl methyl sites for hydroxylation is 1. The van der Waals surface area contributed by atoms with E-state index in [0.29, 0.717) is 12.4 Å². The van der Waals surface area contributed by atoms with Crippen LogP contribution >= 0.6 is 0 Å². The van der Waals surface area contributed by atoms with E-state index in [-0.39, 0.29) is 11.3 Å². The maximum Gasteiger partial charge on any atom is 0.163 e. The number of halogens is 1. The fourth-order valence-corrected chi connectivity index (χ4v) is 1.61. The van der Waals surface area contributed by atoms with Gasteiger partial charge in [-0.25, -0.2) is 4.39 Å². The lowest BCUT2D eigenvalue weighted by Gasteiger charge is -2.08. The molecule has 0 atom stereocenters. The SMILES string of the molecule is CC(=O)c1cc(F)ccc1OCc1cnn(C)c1. The van der Waals surface area contributed by atoms with Gasteiger partial charge in [0.05, 0.1) is 11.8 Å². The quantitative estimate of drug-likeness (QED) is 0.780. The topological polar surface area (TPSA) is 44.1 Å². The van der Waals surface area contributed by atoms with Crippen LogP contribution in [0.15, 0.2) is 30.6 Å². The van der Waals surface area contributed by atoms with Gasteiger partial charge >= 0.3 is 0 Å². The maximum absolute atomic E-state index is 13.1. The van der Waals surface area contributed by atoms with Crippen molar-refractivity contribution in [1.82, 2.24) is 9.78 Å². The summed E-state index contributed by atoms with van der Waals surface area (Å²) < 4.78 is 20.2. The van der Waals surface area contributed by atoms with E-state index in [4.69, 9.17) is 4.74 Å². The molecule has 2 aromatic rings. The molecule has 0 unspecified atom stereocenters. The molecule has 0 saturated carbocycles. The third kappa shape index (κ3) is 2.74. The highest BCUT2D eigenvalue weighted by Gasteiger charge is 2.10. The van der Waals surface area contributed by atoms with Crippen molar-refractivity contribution in [2.75, 3.05) is 0 Å². The van der Waals surface area contributed by atoms with Crippen molar-refractivity contribution in [3.63, 3.8) is 0 Å². The van der Waals surface area contributed by atoms with Gasteiger partial charge in [-0.1, -0.05) is 0 Å². The number of aromatic nitrogens is 2. The highest BCUT2D eigenvalue weighted by atomic mass is 19.1. The first kappa shape index (κ1) is 12.3. The van der Waals surface area contributed by atoms with Crippen LogP contribution < -0.4 is 4.74 Å². The molecule has 0 aliphatic carbocycles. The summed E-state index contributed by atoms with van der Waals surface area (Å²) in [5.74, 6) is -0.294. The van der Waals surface area contributed by atoms with Crippen molar-refractivity contribution in [2.24, 2.45) is 7.05 Å². The summed E-state index contributed by atoms with van der Waals surface area (Å²) >= 11 is 0. The molecule has 4 nitrogen and oxygen atoms in total. The predicted octanol–water partition coefficient (Wildman–Crippen LogP) is 2.34. The van der Waals surface area contributed by atoms with Gasteiger partial charge in [0.2, 0.25) is 0 Å². The summed E-state index contributed by atoms with van der Waals surface area (Å²) in [7, 11) is 1.81. The molecule has 0 amide bonds. The summed E-state index contributed by atoms with van der Waals surface area (Å²) in [6, 6.07) is 3.91. The zero-order valence-electron chi connectivity index (χ0n) is 10.2. The molecule has 94 valence electrons. The van der Waals surface area contributed by atoms with Crippen molar-refractivity contribution in [3.05, 3.63) is 47.5 Å². The highest BCUT2D eigenvalue weighted by molar-refractivity contribution is 5.96. The Bertz CT molecular complexity index is 578. The summed E-state index contributed by atoms with van der Waals surface area (Å²) in [4.78, 5) is 11.4. The normalized spacial score (nSPS) is 10.4. The molecule has 1 aromatic heterocycles. The zero-order valence-corrected chi connectivity index (χ0v) is 10.2. The molecule has 0 aliphatic heterocycles. The predicted molar refractivity (Wildman–Crippen MR) is 63.9 cm³/mol. The number of hydrogen-bond acceptors (Lipinski definition) is 3. The van der Waals surface area contributed by atoms with E-state index in [1.165, 1.54) is 25.1 Å². The molecule has 18 heavy (non-hydrogen) atoms. The largest absolute Gasteiger partial charge is 0.488 e. The van der Waals surface area contributed by atoms with Crippen molar-refractivity contribution in [3.8, 4) is 5.75 Å². The lowest BCUT2D eigenvalue weighted by molar-refractivity contribution is 0.101. The Morgan fingerprint density at radius 3 is 2.89 bits per heavy atom. The number of ketones is 1. The van der Waals surface area contributed by atoms with E-state index >= 15 is 0 Å². The molecule has 0 aliphatic rings. The van der Waals surface area contributed by atoms with Crippen molar-refractivity contribution in [2.45, 2.75) is 13.5 Å². The second-order valence-electron chi connectivity index (χ2n) is 4.01. The lowest BCUT2D eigenvalue weighted by Crippen LogP contribution is -2.02. The first-order valence-electron chi connectivity index (χ1n) is 5.47. The van der Waals surface area contributed by atoms with Gasteiger partial charge in [0.25, 0.3) is 0 Å². The minimum absolute atomic E-state index is 0.226. The Hall–Kier alpha value is -2.17. The minimum atomic E-state index is -0.450. The Kier molecular flexibility index (Phi) is 3.41. The van der Waals surface area contributed by atoms with E-state index < -0.39 is 5.82 Å². The van der Waals surface area contributed by atoms with Gasteiger partial charge in [-0.3, -0.25) is 9.48 Å². The second kappa shape index (κ2) is 5.00. The fourth-order valence-electron chi connectivity index (χ4n) is 1.61. The molecule has 0 N–H and O–H groups in total. The molecule has 0 radical (unpaired) electrons. The Morgan fingerprint density at radius 2 is 2.28 bits per heavy atom. The molecule has 0 saturated heterocycles. The fraction of sp³-hybridized carbons (Fsp3) is 0.231. The molecular formula is C13H13FN2O2. The number of carbonyl (C=O) groups excluding carboxylic acids is 1. The Balaban J connectivity index is 2.16. The molecule has 1 aromatic carbocycles. The van der Waals surface area contributed by atoms with Crippen molar-refractivity contribution >= 4 is 5.78 Å². The van der Waals surface area contributed by atoms with Gasteiger partial charge in [0.1, 0.15) is 18.2 Å². The van der Waals surface area contributed by atoms with Gasteiger partial charge in [0, 0.05) is 18.8 Å². The monoisotopic (exact) mass is 248 g/mol. The number of ether oxygens (including phenoxy) is 1. The Morgan fingerprint density at radius 1 is 1.50 bits per heavy atom. The number of Topliss-reactive ketones (excluding diaryl/α,β-unsaturated/α-hetero) is 1. The number of hydrogen-bond donors (Lipinski definition) is 0. The van der Waals surface area contributed by atoms with E-state index in [1.807, 2.05) is 13.2 Å². The van der Waals surface area contributed by atoms with Gasteiger partial charge in [0.15, 0.2) is 5.78 Å². The van der Waals surface area contributed by atoms with E-state index in [2.05, 4.69) is 5.10 Å². The molecular weight excluding hydrogens is 235 g/mol. The third-order valence-electron chi connectivity index (χ3n) is 2.47. The first-order chi connectivity index (χ1) is 8.56. The minimum Gasteiger partial charge on any atom is -0.488 e. The van der Waals surface area contributed by atoms with Crippen LogP contribution in [0.2, 0.25) is 0 Å². The molecule has 5 heteroatoms. The average molecular weight is 248 g/mol. The molecule has 0 fully saturated rings. The van der Waals surface area contributed by atoms with E-state index in [9.17, 15) is 9.18 Å². The van der Waals surface area contributed by atoms with Gasteiger partial charge in [-0.2, -0.15) is 5.10 Å². The molecule has 1 heterocycles. The van der Waals surface area contributed by atoms with E-state index in [1.54, 1.807) is 10.9 Å². The van der Waals surface area contributed by atoms with E-state index in [0.717, 1.165) is 5.56 Å². The summed E-state index contributed by atoms with van der Waals surface area (Å²) in [5.41, 5.74) is 1.13. The molecule has 0 spiro atoms. The van der Waals surface area contributed by atoms with Gasteiger partial charge in [-0.15, -0.1) is 0 Å². The lowest BCUT2D eigenvalue weighted by atomic mass is 10.1. The number of rotatable bonds is 4. The second-order valence-corrected chi connectivity index (χ2v) is 4.01. The van der Waals surface area contributed by atoms with Crippen LogP contribution in [0.4, 0.5) is 4.39 Å². The smallest absolute Gasteiger partial charge is 0.163 e. The van der Waals surface area contributed by atoms with Gasteiger partial charge < -0.3 is 4.74 Å². The average Bonchev–Trinajstić information content (AvgIpc) is 2.73. The van der Waals surface area contributed by atoms with Crippen molar-refractivity contribution < 1.29 is 13.9 Å². The van der Waals surface area contributed by atoms with Crippen LogP contribution in [0, 0.1) is 5.82 Å².